The van der Waals surface area contributed by atoms with E-state index in [2.05, 4.69) is 10.3 Å². The smallest absolute Gasteiger partial charge is 0.293 e. The number of hydrogen-bond acceptors (Lipinski definition) is 6. The van der Waals surface area contributed by atoms with Crippen molar-refractivity contribution in [3.8, 4) is 0 Å². The number of furan rings is 1. The van der Waals surface area contributed by atoms with Crippen LogP contribution in [0.25, 0.3) is 10.2 Å². The van der Waals surface area contributed by atoms with Gasteiger partial charge in [0.2, 0.25) is 0 Å². The molecule has 0 saturated carbocycles. The van der Waals surface area contributed by atoms with Crippen LogP contribution in [0.15, 0.2) is 64.1 Å². The van der Waals surface area contributed by atoms with Crippen molar-refractivity contribution in [3.63, 3.8) is 0 Å². The van der Waals surface area contributed by atoms with E-state index in [9.17, 15) is 13.2 Å². The third-order valence-electron chi connectivity index (χ3n) is 4.56. The van der Waals surface area contributed by atoms with Gasteiger partial charge < -0.3 is 4.42 Å². The highest BCUT2D eigenvalue weighted by molar-refractivity contribution is 7.90. The van der Waals surface area contributed by atoms with Gasteiger partial charge >= 0.3 is 0 Å². The lowest BCUT2D eigenvalue weighted by Gasteiger charge is -2.05. The highest BCUT2D eigenvalue weighted by atomic mass is 32.2. The van der Waals surface area contributed by atoms with Gasteiger partial charge in [0, 0.05) is 5.56 Å². The van der Waals surface area contributed by atoms with Gasteiger partial charge in [0.15, 0.2) is 20.7 Å². The first kappa shape index (κ1) is 19.4. The normalized spacial score (nSPS) is 11.7. The first-order valence-corrected chi connectivity index (χ1v) is 11.3. The fourth-order valence-corrected chi connectivity index (χ4v) is 5.41. The van der Waals surface area contributed by atoms with Crippen LogP contribution in [-0.4, -0.2) is 19.3 Å². The van der Waals surface area contributed by atoms with Crippen molar-refractivity contribution in [2.75, 3.05) is 5.32 Å². The van der Waals surface area contributed by atoms with E-state index < -0.39 is 15.7 Å². The van der Waals surface area contributed by atoms with Gasteiger partial charge in [-0.1, -0.05) is 41.7 Å². The number of amides is 1. The molecule has 0 fully saturated rings. The maximum atomic E-state index is 12.7. The van der Waals surface area contributed by atoms with Crippen LogP contribution in [0.4, 0.5) is 5.13 Å². The number of aromatic nitrogens is 1. The molecule has 4 aromatic rings. The highest BCUT2D eigenvalue weighted by Crippen LogP contribution is 2.31. The third kappa shape index (κ3) is 3.81. The van der Waals surface area contributed by atoms with E-state index in [1.807, 2.05) is 26.0 Å². The molecule has 0 atom stereocenters. The van der Waals surface area contributed by atoms with Gasteiger partial charge in [0.25, 0.3) is 5.91 Å². The van der Waals surface area contributed by atoms with E-state index in [0.29, 0.717) is 10.7 Å². The van der Waals surface area contributed by atoms with Gasteiger partial charge in [-0.2, -0.15) is 0 Å². The molecule has 2 heterocycles. The van der Waals surface area contributed by atoms with Crippen LogP contribution in [0.1, 0.15) is 27.2 Å². The van der Waals surface area contributed by atoms with Crippen molar-refractivity contribution in [1.29, 1.82) is 0 Å². The van der Waals surface area contributed by atoms with Crippen molar-refractivity contribution >= 4 is 42.4 Å². The molecule has 0 aliphatic rings. The fraction of sp³-hybridized carbons (Fsp3) is 0.143. The number of rotatable bonds is 5. The van der Waals surface area contributed by atoms with E-state index in [1.165, 1.54) is 35.8 Å². The fourth-order valence-electron chi connectivity index (χ4n) is 3.03. The Morgan fingerprint density at radius 2 is 1.79 bits per heavy atom. The number of benzene rings is 2. The highest BCUT2D eigenvalue weighted by Gasteiger charge is 2.23. The maximum absolute atomic E-state index is 12.7. The number of sulfone groups is 1. The molecule has 29 heavy (non-hydrogen) atoms. The Balaban J connectivity index is 1.59. The molecule has 148 valence electrons. The summed E-state index contributed by atoms with van der Waals surface area (Å²) in [5, 5.41) is 3.17. The lowest BCUT2D eigenvalue weighted by Crippen LogP contribution is -2.14. The summed E-state index contributed by atoms with van der Waals surface area (Å²) in [4.78, 5) is 17.4. The monoisotopic (exact) mass is 426 g/mol. The summed E-state index contributed by atoms with van der Waals surface area (Å²) in [6.45, 7) is 3.96. The summed E-state index contributed by atoms with van der Waals surface area (Å²) in [6, 6.07) is 13.6. The molecule has 2 aromatic heterocycles. The Morgan fingerprint density at radius 3 is 2.52 bits per heavy atom. The molecular formula is C21H18N2O4S2. The number of fused-ring (bicyclic) bond motifs is 1. The number of anilines is 1. The Labute approximate surface area is 172 Å². The molecule has 0 spiro atoms. The van der Waals surface area contributed by atoms with E-state index >= 15 is 0 Å². The second-order valence-electron chi connectivity index (χ2n) is 6.70. The predicted octanol–water partition coefficient (Wildman–Crippen LogP) is 4.73. The standard InChI is InChI=1S/C21H18N2O4S2/c1-13-8-9-14(2)19-17(13)22-21(28-19)23-20(24)18-15(10-11-27-18)12-29(25,26)16-6-4-3-5-7-16/h3-11H,12H2,1-2H3,(H,22,23,24). The van der Waals surface area contributed by atoms with Crippen LogP contribution in [0.2, 0.25) is 0 Å². The molecule has 0 aliphatic carbocycles. The molecule has 0 radical (unpaired) electrons. The zero-order valence-electron chi connectivity index (χ0n) is 15.8. The molecule has 0 saturated heterocycles. The summed E-state index contributed by atoms with van der Waals surface area (Å²) < 4.78 is 31.6. The number of carbonyl (C=O) groups is 1. The molecule has 0 unspecified atom stereocenters. The second kappa shape index (κ2) is 7.46. The van der Waals surface area contributed by atoms with Crippen LogP contribution < -0.4 is 5.32 Å². The number of nitrogens with one attached hydrogen (secondary N) is 1. The average Bonchev–Trinajstić information content (AvgIpc) is 3.33. The van der Waals surface area contributed by atoms with E-state index in [1.54, 1.807) is 18.2 Å². The van der Waals surface area contributed by atoms with E-state index in [0.717, 1.165) is 21.3 Å². The Bertz CT molecular complexity index is 1270. The first-order chi connectivity index (χ1) is 13.8. The number of aryl methyl sites for hydroxylation is 2. The minimum atomic E-state index is -3.60. The van der Waals surface area contributed by atoms with Crippen molar-refractivity contribution < 1.29 is 17.6 Å². The number of carbonyl (C=O) groups excluding carboxylic acids is 1. The maximum Gasteiger partial charge on any atom is 0.293 e. The summed E-state index contributed by atoms with van der Waals surface area (Å²) in [5.41, 5.74) is 3.25. The van der Waals surface area contributed by atoms with E-state index in [-0.39, 0.29) is 16.4 Å². The van der Waals surface area contributed by atoms with Crippen LogP contribution in [0.3, 0.4) is 0 Å². The summed E-state index contributed by atoms with van der Waals surface area (Å²) >= 11 is 1.38. The SMILES string of the molecule is Cc1ccc(C)c2sc(NC(=O)c3occc3CS(=O)(=O)c3ccccc3)nc12. The van der Waals surface area contributed by atoms with Crippen molar-refractivity contribution in [1.82, 2.24) is 4.98 Å². The van der Waals surface area contributed by atoms with Crippen molar-refractivity contribution in [2.45, 2.75) is 24.5 Å². The molecule has 2 aromatic carbocycles. The Morgan fingerprint density at radius 1 is 1.07 bits per heavy atom. The van der Waals surface area contributed by atoms with Gasteiger partial charge in [-0.3, -0.25) is 10.1 Å². The quantitative estimate of drug-likeness (QED) is 0.498. The topological polar surface area (TPSA) is 89.3 Å². The minimum Gasteiger partial charge on any atom is -0.459 e. The molecule has 0 aliphatic heterocycles. The van der Waals surface area contributed by atoms with Crippen LogP contribution >= 0.6 is 11.3 Å². The number of thiazole rings is 1. The van der Waals surface area contributed by atoms with Crippen molar-refractivity contribution in [3.05, 3.63) is 77.2 Å². The van der Waals surface area contributed by atoms with Crippen LogP contribution in [0, 0.1) is 13.8 Å². The molecule has 0 bridgehead atoms. The number of hydrogen-bond donors (Lipinski definition) is 1. The van der Waals surface area contributed by atoms with Crippen LogP contribution in [0.5, 0.6) is 0 Å². The van der Waals surface area contributed by atoms with Crippen molar-refractivity contribution in [2.24, 2.45) is 0 Å². The van der Waals surface area contributed by atoms with Gasteiger partial charge in [0.1, 0.15) is 0 Å². The number of nitrogens with zero attached hydrogens (tertiary/aromatic N) is 1. The molecule has 1 N–H and O–H groups in total. The molecule has 4 rings (SSSR count). The van der Waals surface area contributed by atoms with Gasteiger partial charge in [-0.25, -0.2) is 13.4 Å². The zero-order valence-corrected chi connectivity index (χ0v) is 17.4. The molecule has 8 heteroatoms. The Kier molecular flexibility index (Phi) is 4.97. The third-order valence-corrected chi connectivity index (χ3v) is 7.35. The average molecular weight is 427 g/mol. The Hall–Kier alpha value is -2.97. The second-order valence-corrected chi connectivity index (χ2v) is 9.69. The van der Waals surface area contributed by atoms with E-state index in [4.69, 9.17) is 4.42 Å². The van der Waals surface area contributed by atoms with Gasteiger partial charge in [-0.15, -0.1) is 0 Å². The molecule has 6 nitrogen and oxygen atoms in total. The predicted molar refractivity (Wildman–Crippen MR) is 113 cm³/mol. The molecule has 1 amide bonds. The summed E-state index contributed by atoms with van der Waals surface area (Å²) in [5.74, 6) is -0.881. The minimum absolute atomic E-state index is 0.0304. The lowest BCUT2D eigenvalue weighted by molar-refractivity contribution is 0.0996. The van der Waals surface area contributed by atoms with Crippen LogP contribution in [-0.2, 0) is 15.6 Å². The zero-order chi connectivity index (χ0) is 20.6. The lowest BCUT2D eigenvalue weighted by atomic mass is 10.1. The first-order valence-electron chi connectivity index (χ1n) is 8.87. The summed E-state index contributed by atoms with van der Waals surface area (Å²) in [7, 11) is -3.60. The molecular weight excluding hydrogens is 408 g/mol. The summed E-state index contributed by atoms with van der Waals surface area (Å²) in [6.07, 6.45) is 1.32. The largest absolute Gasteiger partial charge is 0.459 e. The van der Waals surface area contributed by atoms with Gasteiger partial charge in [-0.05, 0) is 43.2 Å². The van der Waals surface area contributed by atoms with Gasteiger partial charge in [0.05, 0.1) is 27.1 Å².